The lowest BCUT2D eigenvalue weighted by atomic mass is 10.2. The van der Waals surface area contributed by atoms with Crippen LogP contribution in [0.5, 0.6) is 5.75 Å². The number of methoxy groups -OCH3 is 1. The van der Waals surface area contributed by atoms with Gasteiger partial charge in [0, 0.05) is 5.69 Å². The third-order valence-electron chi connectivity index (χ3n) is 4.99. The number of hydrogen-bond acceptors (Lipinski definition) is 7. The van der Waals surface area contributed by atoms with E-state index in [0.29, 0.717) is 17.0 Å². The monoisotopic (exact) mass is 493 g/mol. The standard InChI is InChI=1S/C25H20FN3O7/c1-34-24(32)21-10-9-19(36-21)13-29-23(31)20(28-25(29)33)11-15-5-7-18(8-6-15)35-14-22(30)27-17-4-2-3-16(26)12-17/h2-12H,13-14H2,1H3,(H,27,30)(H,28,33). The van der Waals surface area contributed by atoms with Gasteiger partial charge in [-0.2, -0.15) is 0 Å². The van der Waals surface area contributed by atoms with E-state index in [0.717, 1.165) is 4.90 Å². The molecule has 0 spiro atoms. The maximum atomic E-state index is 13.2. The van der Waals surface area contributed by atoms with Gasteiger partial charge in [0.25, 0.3) is 11.8 Å². The first kappa shape index (κ1) is 24.2. The molecular weight excluding hydrogens is 473 g/mol. The molecule has 1 aromatic heterocycles. The first-order valence-corrected chi connectivity index (χ1v) is 10.6. The third-order valence-corrected chi connectivity index (χ3v) is 4.99. The van der Waals surface area contributed by atoms with Crippen LogP contribution < -0.4 is 15.4 Å². The van der Waals surface area contributed by atoms with E-state index in [1.807, 2.05) is 0 Å². The maximum absolute atomic E-state index is 13.2. The smallest absolute Gasteiger partial charge is 0.373 e. The number of hydrogen-bond donors (Lipinski definition) is 2. The Labute approximate surface area is 204 Å². The lowest BCUT2D eigenvalue weighted by molar-refractivity contribution is -0.123. The average Bonchev–Trinajstić information content (AvgIpc) is 3.43. The second-order valence-corrected chi connectivity index (χ2v) is 7.55. The molecule has 2 heterocycles. The number of nitrogens with zero attached hydrogens (tertiary/aromatic N) is 1. The summed E-state index contributed by atoms with van der Waals surface area (Å²) in [6.45, 7) is -0.450. The lowest BCUT2D eigenvalue weighted by Crippen LogP contribution is -2.30. The zero-order valence-electron chi connectivity index (χ0n) is 18.9. The quantitative estimate of drug-likeness (QED) is 0.280. The SMILES string of the molecule is COC(=O)c1ccc(CN2C(=O)NC(=Cc3ccc(OCC(=O)Nc4cccc(F)c4)cc3)C2=O)o1. The van der Waals surface area contributed by atoms with Gasteiger partial charge in [0.2, 0.25) is 5.76 Å². The van der Waals surface area contributed by atoms with Crippen LogP contribution in [0, 0.1) is 5.82 Å². The highest BCUT2D eigenvalue weighted by atomic mass is 19.1. The number of nitrogens with one attached hydrogen (secondary N) is 2. The number of anilines is 1. The van der Waals surface area contributed by atoms with Gasteiger partial charge in [0.05, 0.1) is 13.7 Å². The molecule has 0 saturated carbocycles. The van der Waals surface area contributed by atoms with Crippen molar-refractivity contribution in [3.63, 3.8) is 0 Å². The zero-order valence-corrected chi connectivity index (χ0v) is 18.9. The summed E-state index contributed by atoms with van der Waals surface area (Å²) in [5.41, 5.74) is 0.977. The summed E-state index contributed by atoms with van der Waals surface area (Å²) in [6, 6.07) is 14.2. The predicted octanol–water partition coefficient (Wildman–Crippen LogP) is 3.32. The van der Waals surface area contributed by atoms with E-state index in [1.165, 1.54) is 43.5 Å². The van der Waals surface area contributed by atoms with Gasteiger partial charge >= 0.3 is 12.0 Å². The highest BCUT2D eigenvalue weighted by molar-refractivity contribution is 6.13. The Morgan fingerprint density at radius 2 is 1.89 bits per heavy atom. The van der Waals surface area contributed by atoms with Gasteiger partial charge in [-0.1, -0.05) is 18.2 Å². The Bertz CT molecular complexity index is 1350. The molecule has 11 heteroatoms. The third kappa shape index (κ3) is 5.76. The van der Waals surface area contributed by atoms with Crippen LogP contribution >= 0.6 is 0 Å². The van der Waals surface area contributed by atoms with Crippen LogP contribution in [0.3, 0.4) is 0 Å². The second-order valence-electron chi connectivity index (χ2n) is 7.55. The summed E-state index contributed by atoms with van der Waals surface area (Å²) in [5.74, 6) is -1.56. The molecule has 0 bridgehead atoms. The number of benzene rings is 2. The van der Waals surface area contributed by atoms with Crippen molar-refractivity contribution in [1.82, 2.24) is 10.2 Å². The highest BCUT2D eigenvalue weighted by Crippen LogP contribution is 2.20. The van der Waals surface area contributed by atoms with Crippen molar-refractivity contribution in [2.45, 2.75) is 6.54 Å². The van der Waals surface area contributed by atoms with Crippen LogP contribution in [0.4, 0.5) is 14.9 Å². The first-order chi connectivity index (χ1) is 17.3. The van der Waals surface area contributed by atoms with E-state index in [-0.39, 0.29) is 30.4 Å². The van der Waals surface area contributed by atoms with E-state index in [1.54, 1.807) is 30.3 Å². The summed E-state index contributed by atoms with van der Waals surface area (Å²) in [4.78, 5) is 49.4. The van der Waals surface area contributed by atoms with Crippen molar-refractivity contribution in [2.24, 2.45) is 0 Å². The number of amides is 4. The van der Waals surface area contributed by atoms with E-state index in [2.05, 4.69) is 15.4 Å². The largest absolute Gasteiger partial charge is 0.484 e. The summed E-state index contributed by atoms with van der Waals surface area (Å²) in [5, 5.41) is 5.03. The van der Waals surface area contributed by atoms with E-state index >= 15 is 0 Å². The molecule has 0 unspecified atom stereocenters. The van der Waals surface area contributed by atoms with Crippen LogP contribution in [0.25, 0.3) is 6.08 Å². The van der Waals surface area contributed by atoms with Crippen LogP contribution in [-0.2, 0) is 20.9 Å². The zero-order chi connectivity index (χ0) is 25.7. The average molecular weight is 493 g/mol. The summed E-state index contributed by atoms with van der Waals surface area (Å²) < 4.78 is 28.5. The number of halogens is 1. The molecule has 1 fully saturated rings. The fourth-order valence-electron chi connectivity index (χ4n) is 3.28. The van der Waals surface area contributed by atoms with E-state index in [4.69, 9.17) is 9.15 Å². The van der Waals surface area contributed by atoms with Gasteiger partial charge in [-0.25, -0.2) is 14.0 Å². The number of imide groups is 1. The molecule has 0 aliphatic carbocycles. The molecular formula is C25H20FN3O7. The molecule has 2 N–H and O–H groups in total. The van der Waals surface area contributed by atoms with Gasteiger partial charge in [0.1, 0.15) is 23.0 Å². The Morgan fingerprint density at radius 1 is 1.11 bits per heavy atom. The summed E-state index contributed by atoms with van der Waals surface area (Å²) in [6.07, 6.45) is 1.49. The molecule has 4 amide bonds. The molecule has 184 valence electrons. The fourth-order valence-corrected chi connectivity index (χ4v) is 3.28. The van der Waals surface area contributed by atoms with Crippen LogP contribution in [-0.4, -0.2) is 42.4 Å². The minimum absolute atomic E-state index is 0.0379. The molecule has 1 aliphatic heterocycles. The van der Waals surface area contributed by atoms with Crippen molar-refractivity contribution in [2.75, 3.05) is 19.0 Å². The second kappa shape index (κ2) is 10.6. The van der Waals surface area contributed by atoms with E-state index < -0.39 is 29.6 Å². The highest BCUT2D eigenvalue weighted by Gasteiger charge is 2.34. The van der Waals surface area contributed by atoms with Crippen molar-refractivity contribution in [1.29, 1.82) is 0 Å². The van der Waals surface area contributed by atoms with Crippen LogP contribution in [0.1, 0.15) is 21.9 Å². The van der Waals surface area contributed by atoms with Crippen molar-refractivity contribution in [3.8, 4) is 5.75 Å². The van der Waals surface area contributed by atoms with Crippen LogP contribution in [0.2, 0.25) is 0 Å². The normalized spacial score (nSPS) is 14.1. The van der Waals surface area contributed by atoms with Crippen molar-refractivity contribution >= 4 is 35.6 Å². The number of furan rings is 1. The van der Waals surface area contributed by atoms with Gasteiger partial charge in [-0.15, -0.1) is 0 Å². The fraction of sp³-hybridized carbons (Fsp3) is 0.120. The Hall–Kier alpha value is -4.93. The van der Waals surface area contributed by atoms with Crippen molar-refractivity contribution in [3.05, 3.63) is 89.3 Å². The predicted molar refractivity (Wildman–Crippen MR) is 124 cm³/mol. The molecule has 4 rings (SSSR count). The lowest BCUT2D eigenvalue weighted by Gasteiger charge is -2.09. The van der Waals surface area contributed by atoms with Crippen molar-refractivity contribution < 1.29 is 37.5 Å². The summed E-state index contributed by atoms with van der Waals surface area (Å²) >= 11 is 0. The van der Waals surface area contributed by atoms with Gasteiger partial charge in [-0.3, -0.25) is 14.5 Å². The number of rotatable bonds is 8. The molecule has 2 aromatic carbocycles. The first-order valence-electron chi connectivity index (χ1n) is 10.6. The van der Waals surface area contributed by atoms with Gasteiger partial charge in [0.15, 0.2) is 6.61 Å². The Balaban J connectivity index is 1.33. The number of carbonyl (C=O) groups is 4. The molecule has 36 heavy (non-hydrogen) atoms. The molecule has 1 saturated heterocycles. The molecule has 1 aliphatic rings. The van der Waals surface area contributed by atoms with Crippen LogP contribution in [0.15, 0.2) is 70.8 Å². The minimum atomic E-state index is -0.668. The molecule has 10 nitrogen and oxygen atoms in total. The number of carbonyl (C=O) groups excluding carboxylic acids is 4. The number of esters is 1. The topological polar surface area (TPSA) is 127 Å². The molecule has 0 atom stereocenters. The number of urea groups is 1. The molecule has 3 aromatic rings. The summed E-state index contributed by atoms with van der Waals surface area (Å²) in [7, 11) is 1.21. The van der Waals surface area contributed by atoms with Gasteiger partial charge in [-0.05, 0) is 54.1 Å². The number of ether oxygens (including phenoxy) is 2. The minimum Gasteiger partial charge on any atom is -0.484 e. The van der Waals surface area contributed by atoms with Gasteiger partial charge < -0.3 is 24.5 Å². The molecule has 0 radical (unpaired) electrons. The van der Waals surface area contributed by atoms with E-state index in [9.17, 15) is 23.6 Å². The Morgan fingerprint density at radius 3 is 2.61 bits per heavy atom. The maximum Gasteiger partial charge on any atom is 0.373 e. The Kier molecular flexibility index (Phi) is 7.10.